The van der Waals surface area contributed by atoms with Gasteiger partial charge in [0.2, 0.25) is 5.13 Å². The first-order valence-electron chi connectivity index (χ1n) is 10.5. The first-order valence-corrected chi connectivity index (χ1v) is 12.7. The number of aromatic nitrogens is 2. The van der Waals surface area contributed by atoms with Crippen LogP contribution in [0.1, 0.15) is 42.3 Å². The molecule has 9 heteroatoms. The van der Waals surface area contributed by atoms with Crippen LogP contribution in [-0.2, 0) is 10.0 Å². The van der Waals surface area contributed by atoms with Gasteiger partial charge in [0.1, 0.15) is 12.1 Å². The Hall–Kier alpha value is -2.49. The zero-order valence-electron chi connectivity index (χ0n) is 17.0. The van der Waals surface area contributed by atoms with Gasteiger partial charge >= 0.3 is 0 Å². The number of sulfonamides is 1. The molecule has 2 atom stereocenters. The summed E-state index contributed by atoms with van der Waals surface area (Å²) in [5.41, 5.74) is 2.45. The summed E-state index contributed by atoms with van der Waals surface area (Å²) in [6, 6.07) is 16.3. The summed E-state index contributed by atoms with van der Waals surface area (Å²) in [5.74, 6) is 0.979. The first-order chi connectivity index (χ1) is 15.1. The zero-order valence-corrected chi connectivity index (χ0v) is 18.6. The maximum atomic E-state index is 12.7. The Morgan fingerprint density at radius 3 is 2.84 bits per heavy atom. The van der Waals surface area contributed by atoms with Crippen LogP contribution in [0.4, 0.5) is 5.13 Å². The molecule has 0 aliphatic carbocycles. The van der Waals surface area contributed by atoms with Crippen molar-refractivity contribution in [2.45, 2.75) is 36.1 Å². The van der Waals surface area contributed by atoms with Gasteiger partial charge in [-0.3, -0.25) is 9.62 Å². The molecule has 2 aromatic carbocycles. The number of hydrogen-bond donors (Lipinski definition) is 1. The molecule has 31 heavy (non-hydrogen) atoms. The molecular weight excluding hydrogens is 432 g/mol. The number of ether oxygens (including phenoxy) is 1. The quantitative estimate of drug-likeness (QED) is 0.603. The number of nitrogens with one attached hydrogen (secondary N) is 1. The van der Waals surface area contributed by atoms with Gasteiger partial charge < -0.3 is 4.74 Å². The number of likely N-dealkylation sites (tertiary alicyclic amines) is 1. The number of anilines is 1. The van der Waals surface area contributed by atoms with E-state index in [1.807, 2.05) is 6.07 Å². The molecule has 0 unspecified atom stereocenters. The van der Waals surface area contributed by atoms with Crippen LogP contribution in [0.15, 0.2) is 59.8 Å². The van der Waals surface area contributed by atoms with Gasteiger partial charge in [-0.2, -0.15) is 4.37 Å². The van der Waals surface area contributed by atoms with E-state index in [4.69, 9.17) is 4.74 Å². The lowest BCUT2D eigenvalue weighted by molar-refractivity contribution is 0.201. The van der Waals surface area contributed by atoms with Crippen LogP contribution in [0.2, 0.25) is 0 Å². The molecule has 7 nitrogen and oxygen atoms in total. The Morgan fingerprint density at radius 2 is 2.03 bits per heavy atom. The van der Waals surface area contributed by atoms with Crippen LogP contribution < -0.4 is 9.46 Å². The van der Waals surface area contributed by atoms with Gasteiger partial charge in [-0.1, -0.05) is 36.4 Å². The van der Waals surface area contributed by atoms with Gasteiger partial charge in [-0.25, -0.2) is 13.4 Å². The van der Waals surface area contributed by atoms with Crippen LogP contribution in [0.25, 0.3) is 0 Å². The van der Waals surface area contributed by atoms with Gasteiger partial charge in [0.05, 0.1) is 11.5 Å². The number of nitrogens with zero attached hydrogens (tertiary/aromatic N) is 3. The van der Waals surface area contributed by atoms with Crippen LogP contribution in [0.3, 0.4) is 0 Å². The van der Waals surface area contributed by atoms with Crippen molar-refractivity contribution in [3.8, 4) is 5.75 Å². The Morgan fingerprint density at radius 1 is 1.16 bits per heavy atom. The molecule has 2 aliphatic rings. The van der Waals surface area contributed by atoms with Crippen molar-refractivity contribution >= 4 is 26.7 Å². The summed E-state index contributed by atoms with van der Waals surface area (Å²) in [6.45, 7) is 2.63. The smallest absolute Gasteiger partial charge is 0.263 e. The van der Waals surface area contributed by atoms with E-state index in [0.29, 0.717) is 24.3 Å². The monoisotopic (exact) mass is 456 g/mol. The summed E-state index contributed by atoms with van der Waals surface area (Å²) in [6.07, 6.45) is 4.63. The predicted octanol–water partition coefficient (Wildman–Crippen LogP) is 4.04. The topological polar surface area (TPSA) is 84.4 Å². The molecule has 0 amide bonds. The molecule has 0 bridgehead atoms. The minimum absolute atomic E-state index is 0.172. The summed E-state index contributed by atoms with van der Waals surface area (Å²) < 4.78 is 37.6. The first kappa shape index (κ1) is 20.4. The molecule has 0 saturated carbocycles. The minimum Gasteiger partial charge on any atom is -0.493 e. The lowest BCUT2D eigenvalue weighted by atomic mass is 9.92. The highest BCUT2D eigenvalue weighted by Crippen LogP contribution is 2.39. The van der Waals surface area contributed by atoms with E-state index in [2.05, 4.69) is 49.3 Å². The summed E-state index contributed by atoms with van der Waals surface area (Å²) >= 11 is 1.00. The van der Waals surface area contributed by atoms with Crippen molar-refractivity contribution < 1.29 is 13.2 Å². The van der Waals surface area contributed by atoms with E-state index in [9.17, 15) is 8.42 Å². The van der Waals surface area contributed by atoms with E-state index in [1.54, 1.807) is 12.1 Å². The fourth-order valence-corrected chi connectivity index (χ4v) is 6.25. The highest BCUT2D eigenvalue weighted by atomic mass is 32.2. The van der Waals surface area contributed by atoms with Gasteiger partial charge in [0, 0.05) is 36.1 Å². The third kappa shape index (κ3) is 4.30. The highest BCUT2D eigenvalue weighted by molar-refractivity contribution is 7.93. The molecule has 0 spiro atoms. The minimum atomic E-state index is -3.73. The predicted molar refractivity (Wildman–Crippen MR) is 120 cm³/mol. The molecule has 3 heterocycles. The van der Waals surface area contributed by atoms with Crippen LogP contribution in [0.5, 0.6) is 5.75 Å². The Kier molecular flexibility index (Phi) is 5.64. The third-order valence-electron chi connectivity index (χ3n) is 6.04. The van der Waals surface area contributed by atoms with E-state index in [-0.39, 0.29) is 10.0 Å². The number of benzene rings is 2. The number of fused-ring (bicyclic) bond motifs is 1. The lowest BCUT2D eigenvalue weighted by Gasteiger charge is -2.32. The van der Waals surface area contributed by atoms with E-state index in [1.165, 1.54) is 24.7 Å². The molecule has 162 valence electrons. The van der Waals surface area contributed by atoms with Crippen molar-refractivity contribution in [1.82, 2.24) is 14.3 Å². The average molecular weight is 457 g/mol. The van der Waals surface area contributed by atoms with Crippen molar-refractivity contribution in [2.75, 3.05) is 24.4 Å². The lowest BCUT2D eigenvalue weighted by Crippen LogP contribution is -2.31. The summed E-state index contributed by atoms with van der Waals surface area (Å²) in [5, 5.41) is 0.248. The summed E-state index contributed by atoms with van der Waals surface area (Å²) in [7, 11) is -3.73. The van der Waals surface area contributed by atoms with Crippen molar-refractivity contribution in [1.29, 1.82) is 0 Å². The molecule has 5 rings (SSSR count). The second-order valence-corrected chi connectivity index (χ2v) is 10.4. The van der Waals surface area contributed by atoms with Crippen LogP contribution >= 0.6 is 11.5 Å². The normalized spacial score (nSPS) is 21.4. The van der Waals surface area contributed by atoms with Crippen LogP contribution in [-0.4, -0.2) is 42.4 Å². The fraction of sp³-hybridized carbons (Fsp3) is 0.364. The molecule has 1 aromatic heterocycles. The van der Waals surface area contributed by atoms with Gasteiger partial charge in [0.25, 0.3) is 10.0 Å². The molecular formula is C22H24N4O3S2. The van der Waals surface area contributed by atoms with E-state index < -0.39 is 10.0 Å². The summed E-state index contributed by atoms with van der Waals surface area (Å²) in [4.78, 5) is 6.63. The molecule has 2 aliphatic heterocycles. The standard InChI is InChI=1S/C22H24N4O3S2/c27-31(28,25-22-23-15-24-30-22)18-8-9-19-17(10-12-29-21(19)13-18)14-26-11-4-7-20(26)16-5-2-1-3-6-16/h1-3,5-6,8-9,13,15,17,20H,4,7,10-12,14H2,(H,23,24,25)/t17-,20-/m0/s1. The highest BCUT2D eigenvalue weighted by Gasteiger charge is 2.31. The molecule has 1 N–H and O–H groups in total. The Labute approximate surface area is 186 Å². The Bertz CT molecular complexity index is 1140. The third-order valence-corrected chi connectivity index (χ3v) is 8.09. The number of rotatable bonds is 6. The van der Waals surface area contributed by atoms with Gasteiger partial charge in [-0.15, -0.1) is 0 Å². The zero-order chi connectivity index (χ0) is 21.3. The number of hydrogen-bond acceptors (Lipinski definition) is 7. The molecule has 3 aromatic rings. The molecule has 1 saturated heterocycles. The maximum absolute atomic E-state index is 12.7. The molecule has 0 radical (unpaired) electrons. The van der Waals surface area contributed by atoms with Crippen LogP contribution in [0, 0.1) is 0 Å². The van der Waals surface area contributed by atoms with Gasteiger partial charge in [0.15, 0.2) is 0 Å². The Balaban J connectivity index is 1.36. The SMILES string of the molecule is O=S(=O)(Nc1ncns1)c1ccc2c(c1)OCC[C@H]2CN1CCC[C@H]1c1ccccc1. The van der Waals surface area contributed by atoms with Crippen molar-refractivity contribution in [3.63, 3.8) is 0 Å². The second kappa shape index (κ2) is 8.57. The van der Waals surface area contributed by atoms with E-state index >= 15 is 0 Å². The maximum Gasteiger partial charge on any atom is 0.263 e. The average Bonchev–Trinajstić information content (AvgIpc) is 3.46. The largest absolute Gasteiger partial charge is 0.493 e. The van der Waals surface area contributed by atoms with E-state index in [0.717, 1.165) is 36.6 Å². The van der Waals surface area contributed by atoms with Crippen molar-refractivity contribution in [3.05, 3.63) is 66.0 Å². The van der Waals surface area contributed by atoms with Crippen molar-refractivity contribution in [2.24, 2.45) is 0 Å². The fourth-order valence-electron chi connectivity index (χ4n) is 4.57. The second-order valence-electron chi connectivity index (χ2n) is 7.95. The molecule has 1 fully saturated rings. The van der Waals surface area contributed by atoms with Gasteiger partial charge in [-0.05, 0) is 43.0 Å².